The van der Waals surface area contributed by atoms with Gasteiger partial charge >= 0.3 is 5.97 Å². The zero-order chi connectivity index (χ0) is 12.5. The average Bonchev–Trinajstić information content (AvgIpc) is 2.37. The van der Waals surface area contributed by atoms with Crippen molar-refractivity contribution in [3.8, 4) is 0 Å². The van der Waals surface area contributed by atoms with Crippen LogP contribution in [0, 0.1) is 0 Å². The number of ether oxygens (including phenoxy) is 1. The quantitative estimate of drug-likeness (QED) is 0.675. The van der Waals surface area contributed by atoms with Gasteiger partial charge in [0.1, 0.15) is 0 Å². The molecule has 0 heterocycles. The van der Waals surface area contributed by atoms with E-state index in [-0.39, 0.29) is 5.97 Å². The fraction of sp³-hybridized carbons (Fsp3) is 0.417. The maximum absolute atomic E-state index is 9.59. The van der Waals surface area contributed by atoms with Gasteiger partial charge in [0.15, 0.2) is 0 Å². The molecule has 88 valence electrons. The zero-order valence-electron chi connectivity index (χ0n) is 10.2. The van der Waals surface area contributed by atoms with Crippen molar-refractivity contribution in [1.29, 1.82) is 0 Å². The number of carbonyl (C=O) groups excluding carboxylic acids is 1. The Hall–Kier alpha value is -1.35. The number of aliphatic hydroxyl groups is 1. The van der Waals surface area contributed by atoms with Gasteiger partial charge in [0.25, 0.3) is 0 Å². The number of carbonyl (C=O) groups is 1. The highest BCUT2D eigenvalue weighted by Gasteiger charge is 1.75. The average molecular weight is 214 g/mol. The molecule has 1 aromatic rings. The lowest BCUT2D eigenvalue weighted by Crippen LogP contribution is -1.88. The van der Waals surface area contributed by atoms with Crippen LogP contribution in [0.2, 0.25) is 0 Å². The third kappa shape index (κ3) is 32.4. The van der Waals surface area contributed by atoms with Crippen LogP contribution in [0.1, 0.15) is 20.8 Å². The van der Waals surface area contributed by atoms with E-state index in [9.17, 15) is 4.79 Å². The predicted octanol–water partition coefficient (Wildman–Crippen LogP) is 2.50. The van der Waals surface area contributed by atoms with E-state index in [1.165, 1.54) is 14.0 Å². The molecule has 3 nitrogen and oxygen atoms in total. The molecule has 0 aliphatic heterocycles. The molecule has 0 saturated heterocycles. The van der Waals surface area contributed by atoms with Crippen molar-refractivity contribution >= 4 is 5.97 Å². The molecule has 1 rings (SSSR count). The van der Waals surface area contributed by atoms with Crippen molar-refractivity contribution in [1.82, 2.24) is 0 Å². The Kier molecular flexibility index (Phi) is 29.5. The van der Waals surface area contributed by atoms with Crippen LogP contribution in [0.25, 0.3) is 0 Å². The fourth-order valence-corrected chi connectivity index (χ4v) is 0.385. The van der Waals surface area contributed by atoms with Gasteiger partial charge in [-0.1, -0.05) is 50.2 Å². The van der Waals surface area contributed by atoms with Crippen molar-refractivity contribution in [2.75, 3.05) is 14.2 Å². The fourth-order valence-electron chi connectivity index (χ4n) is 0.385. The lowest BCUT2D eigenvalue weighted by atomic mass is 10.4. The highest BCUT2D eigenvalue weighted by molar-refractivity contribution is 5.65. The van der Waals surface area contributed by atoms with E-state index in [1.807, 2.05) is 50.2 Å². The monoisotopic (exact) mass is 214 g/mol. The molecular formula is C12H22O3. The second kappa shape index (κ2) is 22.9. The van der Waals surface area contributed by atoms with Gasteiger partial charge in [-0.2, -0.15) is 0 Å². The first-order chi connectivity index (χ1) is 7.27. The van der Waals surface area contributed by atoms with Crippen molar-refractivity contribution in [3.63, 3.8) is 0 Å². The predicted molar refractivity (Wildman–Crippen MR) is 63.6 cm³/mol. The van der Waals surface area contributed by atoms with Gasteiger partial charge in [0.05, 0.1) is 7.11 Å². The zero-order valence-corrected chi connectivity index (χ0v) is 10.2. The summed E-state index contributed by atoms with van der Waals surface area (Å²) in [5.41, 5.74) is 0. The van der Waals surface area contributed by atoms with Gasteiger partial charge in [0.2, 0.25) is 0 Å². The number of hydrogen-bond acceptors (Lipinski definition) is 3. The Balaban J connectivity index is -0.000000146. The van der Waals surface area contributed by atoms with Crippen molar-refractivity contribution in [2.24, 2.45) is 0 Å². The number of aliphatic hydroxyl groups excluding tert-OH is 1. The maximum atomic E-state index is 9.59. The number of benzene rings is 1. The van der Waals surface area contributed by atoms with Gasteiger partial charge < -0.3 is 9.84 Å². The summed E-state index contributed by atoms with van der Waals surface area (Å²) < 4.78 is 4.11. The normalized spacial score (nSPS) is 6.27. The van der Waals surface area contributed by atoms with Crippen LogP contribution in [0.15, 0.2) is 36.4 Å². The number of esters is 1. The summed E-state index contributed by atoms with van der Waals surface area (Å²) in [6.45, 7) is 5.36. The van der Waals surface area contributed by atoms with E-state index in [0.29, 0.717) is 0 Å². The Morgan fingerprint density at radius 1 is 0.933 bits per heavy atom. The summed E-state index contributed by atoms with van der Waals surface area (Å²) >= 11 is 0. The summed E-state index contributed by atoms with van der Waals surface area (Å²) in [5, 5.41) is 7.00. The minimum Gasteiger partial charge on any atom is -0.469 e. The van der Waals surface area contributed by atoms with E-state index >= 15 is 0 Å². The smallest absolute Gasteiger partial charge is 0.302 e. The van der Waals surface area contributed by atoms with Gasteiger partial charge in [-0.3, -0.25) is 4.79 Å². The molecule has 0 spiro atoms. The van der Waals surface area contributed by atoms with Gasteiger partial charge in [-0.05, 0) is 0 Å². The number of methoxy groups -OCH3 is 1. The molecule has 0 bridgehead atoms. The third-order valence-electron chi connectivity index (χ3n) is 0.954. The van der Waals surface area contributed by atoms with Crippen molar-refractivity contribution in [2.45, 2.75) is 20.8 Å². The van der Waals surface area contributed by atoms with E-state index < -0.39 is 0 Å². The molecule has 0 unspecified atom stereocenters. The molecule has 3 heteroatoms. The summed E-state index contributed by atoms with van der Waals surface area (Å²) in [7, 11) is 2.35. The van der Waals surface area contributed by atoms with Crippen LogP contribution in [-0.4, -0.2) is 25.3 Å². The van der Waals surface area contributed by atoms with Gasteiger partial charge in [0, 0.05) is 14.0 Å². The molecule has 0 saturated carbocycles. The van der Waals surface area contributed by atoms with Crippen molar-refractivity contribution < 1.29 is 14.6 Å². The first kappa shape index (κ1) is 19.3. The largest absolute Gasteiger partial charge is 0.469 e. The SMILES string of the molecule is CC.CO.COC(C)=O.c1ccccc1. The number of rotatable bonds is 0. The lowest BCUT2D eigenvalue weighted by molar-refractivity contribution is -0.137. The highest BCUT2D eigenvalue weighted by Crippen LogP contribution is 1.79. The molecule has 1 aromatic carbocycles. The molecule has 0 aliphatic rings. The summed E-state index contributed by atoms with van der Waals surface area (Å²) in [6, 6.07) is 12.0. The topological polar surface area (TPSA) is 46.5 Å². The van der Waals surface area contributed by atoms with Gasteiger partial charge in [-0.25, -0.2) is 0 Å². The van der Waals surface area contributed by atoms with Gasteiger partial charge in [-0.15, -0.1) is 0 Å². The molecule has 0 aromatic heterocycles. The van der Waals surface area contributed by atoms with Crippen LogP contribution in [0.3, 0.4) is 0 Å². The highest BCUT2D eigenvalue weighted by atomic mass is 16.5. The molecule has 15 heavy (non-hydrogen) atoms. The van der Waals surface area contributed by atoms with Crippen LogP contribution in [0.5, 0.6) is 0 Å². The first-order valence-electron chi connectivity index (χ1n) is 4.76. The van der Waals surface area contributed by atoms with E-state index in [2.05, 4.69) is 4.74 Å². The van der Waals surface area contributed by atoms with Crippen molar-refractivity contribution in [3.05, 3.63) is 36.4 Å². The summed E-state index contributed by atoms with van der Waals surface area (Å²) in [4.78, 5) is 9.59. The molecule has 0 amide bonds. The molecule has 0 atom stereocenters. The Morgan fingerprint density at radius 3 is 1.13 bits per heavy atom. The minimum atomic E-state index is -0.245. The standard InChI is InChI=1S/C6H6.C3H6O2.C2H6.CH4O/c1-2-4-6-5-3-1;1-3(4)5-2;2*1-2/h1-6H;1-2H3;1-2H3;2H,1H3. The van der Waals surface area contributed by atoms with E-state index in [0.717, 1.165) is 7.11 Å². The Morgan fingerprint density at radius 2 is 1.07 bits per heavy atom. The van der Waals surface area contributed by atoms with Crippen LogP contribution in [-0.2, 0) is 9.53 Å². The molecule has 0 fully saturated rings. The summed E-state index contributed by atoms with van der Waals surface area (Å²) in [5.74, 6) is -0.245. The third-order valence-corrected chi connectivity index (χ3v) is 0.954. The van der Waals surface area contributed by atoms with Crippen LogP contribution < -0.4 is 0 Å². The lowest BCUT2D eigenvalue weighted by Gasteiger charge is -1.80. The first-order valence-corrected chi connectivity index (χ1v) is 4.76. The summed E-state index contributed by atoms with van der Waals surface area (Å²) in [6.07, 6.45) is 0. The second-order valence-electron chi connectivity index (χ2n) is 1.85. The molecule has 0 radical (unpaired) electrons. The second-order valence-corrected chi connectivity index (χ2v) is 1.85. The minimum absolute atomic E-state index is 0.245. The molecule has 0 aliphatic carbocycles. The number of hydrogen-bond donors (Lipinski definition) is 1. The van der Waals surface area contributed by atoms with Crippen LogP contribution >= 0.6 is 0 Å². The molecule has 1 N–H and O–H groups in total. The Labute approximate surface area is 92.7 Å². The van der Waals surface area contributed by atoms with E-state index in [4.69, 9.17) is 5.11 Å². The Bertz CT molecular complexity index is 159. The maximum Gasteiger partial charge on any atom is 0.302 e. The molecular weight excluding hydrogens is 192 g/mol. The van der Waals surface area contributed by atoms with E-state index in [1.54, 1.807) is 0 Å². The van der Waals surface area contributed by atoms with Crippen LogP contribution in [0.4, 0.5) is 0 Å².